The topological polar surface area (TPSA) is 18.5 Å². The van der Waals surface area contributed by atoms with Gasteiger partial charge in [0.2, 0.25) is 0 Å². The third-order valence-electron chi connectivity index (χ3n) is 8.40. The Labute approximate surface area is 199 Å². The van der Waals surface area contributed by atoms with E-state index in [1.54, 1.807) is 14.2 Å². The van der Waals surface area contributed by atoms with Crippen LogP contribution in [0.15, 0.2) is 59.9 Å². The van der Waals surface area contributed by atoms with Crippen molar-refractivity contribution in [1.82, 2.24) is 0 Å². The van der Waals surface area contributed by atoms with E-state index in [1.807, 2.05) is 0 Å². The van der Waals surface area contributed by atoms with E-state index >= 15 is 0 Å². The fourth-order valence-electron chi connectivity index (χ4n) is 4.07. The first-order valence-corrected chi connectivity index (χ1v) is 26.6. The summed E-state index contributed by atoms with van der Waals surface area (Å²) in [6.45, 7) is 21.2. The number of methoxy groups -OCH3 is 2. The quantitative estimate of drug-likeness (QED) is 0.332. The van der Waals surface area contributed by atoms with Crippen LogP contribution in [0.3, 0.4) is 0 Å². The second-order valence-corrected chi connectivity index (χ2v) is 50.7. The molecule has 2 aromatic rings. The molecule has 0 N–H and O–H groups in total. The van der Waals surface area contributed by atoms with Gasteiger partial charge < -0.3 is 9.47 Å². The van der Waals surface area contributed by atoms with Crippen molar-refractivity contribution in [3.8, 4) is 11.5 Å². The Hall–Kier alpha value is -1.61. The predicted molar refractivity (Wildman–Crippen MR) is 154 cm³/mol. The summed E-state index contributed by atoms with van der Waals surface area (Å²) in [4.78, 5) is 0. The van der Waals surface area contributed by atoms with Gasteiger partial charge in [0, 0.05) is 14.2 Å². The summed E-state index contributed by atoms with van der Waals surface area (Å²) in [5.41, 5.74) is 7.78. The molecular formula is C26H42O2Si4. The summed E-state index contributed by atoms with van der Waals surface area (Å²) < 4.78 is 10.6. The molecular weight excluding hydrogens is 457 g/mol. The number of hydrogen-bond acceptors (Lipinski definition) is 2. The van der Waals surface area contributed by atoms with Crippen molar-refractivity contribution in [3.05, 3.63) is 71.1 Å². The van der Waals surface area contributed by atoms with Gasteiger partial charge >= 0.3 is 0 Å². The lowest BCUT2D eigenvalue weighted by molar-refractivity contribution is 0.414. The molecule has 0 heterocycles. The second kappa shape index (κ2) is 10.1. The summed E-state index contributed by atoms with van der Waals surface area (Å²) in [6.07, 6.45) is 4.74. The van der Waals surface area contributed by atoms with E-state index in [4.69, 9.17) is 9.47 Å². The number of rotatable bonds is 9. The molecule has 0 amide bonds. The van der Waals surface area contributed by atoms with Gasteiger partial charge in [-0.05, 0) is 35.4 Å². The zero-order chi connectivity index (χ0) is 24.2. The minimum absolute atomic E-state index is 0.915. The van der Waals surface area contributed by atoms with Crippen LogP contribution in [-0.2, 0) is 0 Å². The number of hydrogen-bond donors (Lipinski definition) is 0. The molecule has 174 valence electrons. The molecule has 32 heavy (non-hydrogen) atoms. The lowest BCUT2D eigenvalue weighted by Gasteiger charge is -2.53. The highest BCUT2D eigenvalue weighted by Crippen LogP contribution is 2.37. The van der Waals surface area contributed by atoms with Crippen molar-refractivity contribution < 1.29 is 9.47 Å². The fraction of sp³-hybridized carbons (Fsp3) is 0.385. The highest BCUT2D eigenvalue weighted by Gasteiger charge is 2.57. The van der Waals surface area contributed by atoms with Gasteiger partial charge in [-0.15, -0.1) is 0 Å². The molecule has 2 aromatic carbocycles. The molecule has 0 aliphatic heterocycles. The average molecular weight is 499 g/mol. The molecule has 0 unspecified atom stereocenters. The van der Waals surface area contributed by atoms with Crippen molar-refractivity contribution in [2.75, 3.05) is 14.2 Å². The van der Waals surface area contributed by atoms with E-state index in [2.05, 4.69) is 124 Å². The minimum atomic E-state index is -1.53. The molecule has 0 fully saturated rings. The van der Waals surface area contributed by atoms with Crippen LogP contribution in [0.25, 0.3) is 12.2 Å². The predicted octanol–water partition coefficient (Wildman–Crippen LogP) is 7.58. The lowest BCUT2D eigenvalue weighted by atomic mass is 10.2. The van der Waals surface area contributed by atoms with Crippen molar-refractivity contribution in [2.24, 2.45) is 0 Å². The molecule has 2 nitrogen and oxygen atoms in total. The molecule has 0 aliphatic carbocycles. The molecule has 0 saturated heterocycles. The van der Waals surface area contributed by atoms with Crippen LogP contribution >= 0.6 is 0 Å². The first kappa shape index (κ1) is 26.6. The molecule has 0 atom stereocenters. The smallest absolute Gasteiger partial charge is 0.118 e. The zero-order valence-electron chi connectivity index (χ0n) is 21.7. The normalized spacial score (nSPS) is 13.7. The van der Waals surface area contributed by atoms with Gasteiger partial charge in [-0.1, -0.05) is 100 Å². The van der Waals surface area contributed by atoms with Gasteiger partial charge in [-0.25, -0.2) is 0 Å². The Morgan fingerprint density at radius 1 is 0.500 bits per heavy atom. The third kappa shape index (κ3) is 5.65. The van der Waals surface area contributed by atoms with Crippen molar-refractivity contribution in [2.45, 2.75) is 52.4 Å². The standard InChI is InChI=1S/C26H42O2Si4/c1-27-25-15-11-23(12-16-25)19-21-29(3,4)31(7,8)32(9,10)30(5,6)22-20-24-13-17-26(28-2)18-14-24/h11-22H,1-10H3/b21-19+,22-20+. The molecule has 2 rings (SSSR count). The van der Waals surface area contributed by atoms with Crippen LogP contribution in [0.1, 0.15) is 11.1 Å². The minimum Gasteiger partial charge on any atom is -0.497 e. The Morgan fingerprint density at radius 3 is 1.03 bits per heavy atom. The summed E-state index contributed by atoms with van der Waals surface area (Å²) in [5, 5.41) is 0. The molecule has 0 aromatic heterocycles. The van der Waals surface area contributed by atoms with Crippen LogP contribution in [0.2, 0.25) is 52.4 Å². The molecule has 6 heteroatoms. The van der Waals surface area contributed by atoms with Crippen LogP contribution < -0.4 is 9.47 Å². The number of benzene rings is 2. The van der Waals surface area contributed by atoms with Crippen LogP contribution in [-0.4, -0.2) is 43.6 Å². The Kier molecular flexibility index (Phi) is 8.42. The SMILES string of the molecule is COc1ccc(/C=C/[Si](C)(C)[Si](C)(C)[Si](C)(C)[Si](C)(C)/C=C/c2ccc(OC)cc2)cc1. The van der Waals surface area contributed by atoms with Gasteiger partial charge in [-0.2, -0.15) is 0 Å². The average Bonchev–Trinajstić information content (AvgIpc) is 2.76. The Balaban J connectivity index is 2.28. The van der Waals surface area contributed by atoms with Gasteiger partial charge in [-0.3, -0.25) is 0 Å². The second-order valence-electron chi connectivity index (χ2n) is 10.9. The van der Waals surface area contributed by atoms with Crippen LogP contribution in [0, 0.1) is 0 Å². The molecule has 0 radical (unpaired) electrons. The van der Waals surface area contributed by atoms with Gasteiger partial charge in [0.05, 0.1) is 29.4 Å². The highest BCUT2D eigenvalue weighted by molar-refractivity contribution is 7.84. The van der Waals surface area contributed by atoms with Crippen LogP contribution in [0.4, 0.5) is 0 Å². The van der Waals surface area contributed by atoms with E-state index < -0.39 is 29.4 Å². The van der Waals surface area contributed by atoms with Gasteiger partial charge in [0.1, 0.15) is 11.5 Å². The Morgan fingerprint density at radius 2 is 0.781 bits per heavy atom. The fourth-order valence-corrected chi connectivity index (χ4v) is 69.9. The molecule has 0 saturated carbocycles. The lowest BCUT2D eigenvalue weighted by Crippen LogP contribution is -2.78. The van der Waals surface area contributed by atoms with Crippen molar-refractivity contribution in [3.63, 3.8) is 0 Å². The first-order valence-electron chi connectivity index (χ1n) is 11.4. The van der Waals surface area contributed by atoms with Gasteiger partial charge in [0.15, 0.2) is 0 Å². The highest BCUT2D eigenvalue weighted by atomic mass is 29.8. The van der Waals surface area contributed by atoms with Crippen molar-refractivity contribution in [1.29, 1.82) is 0 Å². The maximum absolute atomic E-state index is 5.31. The van der Waals surface area contributed by atoms with Crippen LogP contribution in [0.5, 0.6) is 11.5 Å². The van der Waals surface area contributed by atoms with E-state index in [-0.39, 0.29) is 0 Å². The van der Waals surface area contributed by atoms with E-state index in [9.17, 15) is 0 Å². The first-order chi connectivity index (χ1) is 14.8. The largest absolute Gasteiger partial charge is 0.497 e. The zero-order valence-corrected chi connectivity index (χ0v) is 25.7. The third-order valence-corrected chi connectivity index (χ3v) is 74.8. The van der Waals surface area contributed by atoms with E-state index in [0.717, 1.165) is 11.5 Å². The molecule has 0 aliphatic rings. The monoisotopic (exact) mass is 498 g/mol. The Bertz CT molecular complexity index is 861. The van der Waals surface area contributed by atoms with E-state index in [1.165, 1.54) is 11.1 Å². The summed E-state index contributed by atoms with van der Waals surface area (Å²) in [7, 11) is -2.54. The maximum atomic E-state index is 5.31. The number of ether oxygens (including phenoxy) is 2. The summed E-state index contributed by atoms with van der Waals surface area (Å²) in [5.74, 6) is 1.83. The van der Waals surface area contributed by atoms with Crippen molar-refractivity contribution >= 4 is 41.6 Å². The molecule has 0 spiro atoms. The van der Waals surface area contributed by atoms with Gasteiger partial charge in [0.25, 0.3) is 0 Å². The molecule has 0 bridgehead atoms. The van der Waals surface area contributed by atoms with E-state index in [0.29, 0.717) is 0 Å². The maximum Gasteiger partial charge on any atom is 0.118 e. The summed E-state index contributed by atoms with van der Waals surface area (Å²) in [6, 6.07) is 16.8. The summed E-state index contributed by atoms with van der Waals surface area (Å²) >= 11 is 0.